The zero-order valence-corrected chi connectivity index (χ0v) is 12.0. The van der Waals surface area contributed by atoms with Gasteiger partial charge in [-0.25, -0.2) is 0 Å². The van der Waals surface area contributed by atoms with Gasteiger partial charge in [0.15, 0.2) is 0 Å². The summed E-state index contributed by atoms with van der Waals surface area (Å²) >= 11 is 0. The van der Waals surface area contributed by atoms with E-state index in [0.717, 1.165) is 19.3 Å². The third-order valence-corrected chi connectivity index (χ3v) is 4.75. The topological polar surface area (TPSA) is 46.2 Å². The van der Waals surface area contributed by atoms with Crippen molar-refractivity contribution in [3.8, 4) is 0 Å². The van der Waals surface area contributed by atoms with Crippen molar-refractivity contribution < 1.29 is 5.11 Å². The summed E-state index contributed by atoms with van der Waals surface area (Å²) in [5.41, 5.74) is 6.04. The molecule has 0 spiro atoms. The van der Waals surface area contributed by atoms with Crippen molar-refractivity contribution in [1.29, 1.82) is 0 Å². The molecule has 17 heavy (non-hydrogen) atoms. The van der Waals surface area contributed by atoms with Gasteiger partial charge in [-0.2, -0.15) is 0 Å². The van der Waals surface area contributed by atoms with Gasteiger partial charge in [0.25, 0.3) is 0 Å². The first-order valence-electron chi connectivity index (χ1n) is 7.37. The number of aliphatic hydroxyl groups is 1. The molecule has 1 fully saturated rings. The van der Waals surface area contributed by atoms with Gasteiger partial charge in [0, 0.05) is 12.0 Å². The molecule has 2 atom stereocenters. The highest BCUT2D eigenvalue weighted by atomic mass is 16.3. The van der Waals surface area contributed by atoms with Gasteiger partial charge >= 0.3 is 0 Å². The minimum atomic E-state index is -0.227. The van der Waals surface area contributed by atoms with Gasteiger partial charge in [-0.1, -0.05) is 52.9 Å². The average Bonchev–Trinajstić information content (AvgIpc) is 2.30. The molecule has 0 aromatic carbocycles. The maximum Gasteiger partial charge on any atom is 0.0659 e. The second-order valence-electron chi connectivity index (χ2n) is 6.62. The maximum atomic E-state index is 10.6. The molecule has 1 aliphatic carbocycles. The van der Waals surface area contributed by atoms with Crippen LogP contribution in [-0.2, 0) is 0 Å². The smallest absolute Gasteiger partial charge is 0.0659 e. The molecule has 0 bridgehead atoms. The third kappa shape index (κ3) is 3.45. The van der Waals surface area contributed by atoms with Gasteiger partial charge in [-0.3, -0.25) is 0 Å². The van der Waals surface area contributed by atoms with Crippen LogP contribution in [0.3, 0.4) is 0 Å². The Labute approximate surface area is 107 Å². The Morgan fingerprint density at radius 1 is 1.18 bits per heavy atom. The molecule has 0 radical (unpaired) electrons. The first kappa shape index (κ1) is 15.0. The molecule has 102 valence electrons. The summed E-state index contributed by atoms with van der Waals surface area (Å²) in [5, 5.41) is 10.6. The van der Waals surface area contributed by atoms with Gasteiger partial charge in [0.1, 0.15) is 0 Å². The van der Waals surface area contributed by atoms with Crippen LogP contribution < -0.4 is 5.73 Å². The summed E-state index contributed by atoms with van der Waals surface area (Å²) in [6, 6.07) is 0. The highest BCUT2D eigenvalue weighted by Crippen LogP contribution is 2.48. The predicted molar refractivity (Wildman–Crippen MR) is 73.9 cm³/mol. The van der Waals surface area contributed by atoms with Crippen LogP contribution in [0.15, 0.2) is 0 Å². The maximum absolute atomic E-state index is 10.6. The zero-order chi connectivity index (χ0) is 12.9. The normalized spacial score (nSPS) is 32.6. The molecular weight excluding hydrogens is 210 g/mol. The Bertz CT molecular complexity index is 227. The quantitative estimate of drug-likeness (QED) is 0.699. The predicted octanol–water partition coefficient (Wildman–Crippen LogP) is 3.47. The highest BCUT2D eigenvalue weighted by Gasteiger charge is 2.47. The summed E-state index contributed by atoms with van der Waals surface area (Å²) in [7, 11) is 0. The molecule has 1 aliphatic rings. The van der Waals surface area contributed by atoms with E-state index >= 15 is 0 Å². The molecule has 2 heteroatoms. The summed E-state index contributed by atoms with van der Waals surface area (Å²) in [5.74, 6) is 0. The van der Waals surface area contributed by atoms with Crippen LogP contribution in [0.25, 0.3) is 0 Å². The van der Waals surface area contributed by atoms with Crippen molar-refractivity contribution in [2.75, 3.05) is 6.54 Å². The first-order chi connectivity index (χ1) is 7.98. The molecule has 0 amide bonds. The van der Waals surface area contributed by atoms with Crippen LogP contribution in [0, 0.1) is 10.8 Å². The van der Waals surface area contributed by atoms with Crippen molar-refractivity contribution in [2.24, 2.45) is 16.6 Å². The van der Waals surface area contributed by atoms with Crippen molar-refractivity contribution in [1.82, 2.24) is 0 Å². The van der Waals surface area contributed by atoms with E-state index in [4.69, 9.17) is 5.73 Å². The minimum absolute atomic E-state index is 0.00447. The fraction of sp³-hybridized carbons (Fsp3) is 1.00. The van der Waals surface area contributed by atoms with E-state index in [9.17, 15) is 5.11 Å². The van der Waals surface area contributed by atoms with Gasteiger partial charge in [-0.15, -0.1) is 0 Å². The Kier molecular flexibility index (Phi) is 5.46. The minimum Gasteiger partial charge on any atom is -0.392 e. The number of hydrogen-bond acceptors (Lipinski definition) is 2. The number of unbranched alkanes of at least 4 members (excludes halogenated alkanes) is 3. The van der Waals surface area contributed by atoms with E-state index in [0.29, 0.717) is 6.54 Å². The van der Waals surface area contributed by atoms with Crippen molar-refractivity contribution >= 4 is 0 Å². The van der Waals surface area contributed by atoms with E-state index in [-0.39, 0.29) is 16.9 Å². The second-order valence-corrected chi connectivity index (χ2v) is 6.62. The van der Waals surface area contributed by atoms with E-state index in [1.54, 1.807) is 0 Å². The molecule has 0 heterocycles. The first-order valence-corrected chi connectivity index (χ1v) is 7.37. The van der Waals surface area contributed by atoms with Gasteiger partial charge in [0.05, 0.1) is 6.10 Å². The Morgan fingerprint density at radius 3 is 2.47 bits per heavy atom. The summed E-state index contributed by atoms with van der Waals surface area (Å²) < 4.78 is 0. The van der Waals surface area contributed by atoms with Gasteiger partial charge in [-0.05, 0) is 24.7 Å². The summed E-state index contributed by atoms with van der Waals surface area (Å²) in [4.78, 5) is 0. The SMILES string of the molecule is CCCCCCC1(CN)CCCC(C)(C)C1O. The number of aliphatic hydroxyl groups excluding tert-OH is 1. The summed E-state index contributed by atoms with van der Waals surface area (Å²) in [6.45, 7) is 7.25. The lowest BCUT2D eigenvalue weighted by atomic mass is 9.59. The Morgan fingerprint density at radius 2 is 1.88 bits per heavy atom. The number of nitrogens with two attached hydrogens (primary N) is 1. The molecule has 0 aromatic rings. The fourth-order valence-electron chi connectivity index (χ4n) is 3.48. The lowest BCUT2D eigenvalue weighted by Crippen LogP contribution is -2.52. The van der Waals surface area contributed by atoms with Crippen LogP contribution >= 0.6 is 0 Å². The van der Waals surface area contributed by atoms with Crippen LogP contribution in [-0.4, -0.2) is 17.8 Å². The third-order valence-electron chi connectivity index (χ3n) is 4.75. The van der Waals surface area contributed by atoms with Crippen LogP contribution in [0.2, 0.25) is 0 Å². The Balaban J connectivity index is 2.59. The van der Waals surface area contributed by atoms with Crippen molar-refractivity contribution in [3.63, 3.8) is 0 Å². The molecule has 2 unspecified atom stereocenters. The molecular formula is C15H31NO. The molecule has 0 aromatic heterocycles. The molecule has 3 N–H and O–H groups in total. The Hall–Kier alpha value is -0.0800. The second kappa shape index (κ2) is 6.19. The van der Waals surface area contributed by atoms with Crippen molar-refractivity contribution in [2.45, 2.75) is 78.2 Å². The molecule has 0 saturated heterocycles. The average molecular weight is 241 g/mol. The van der Waals surface area contributed by atoms with Crippen LogP contribution in [0.4, 0.5) is 0 Å². The molecule has 2 nitrogen and oxygen atoms in total. The molecule has 1 saturated carbocycles. The monoisotopic (exact) mass is 241 g/mol. The lowest BCUT2D eigenvalue weighted by Gasteiger charge is -2.49. The van der Waals surface area contributed by atoms with Gasteiger partial charge in [0.2, 0.25) is 0 Å². The van der Waals surface area contributed by atoms with Crippen LogP contribution in [0.5, 0.6) is 0 Å². The van der Waals surface area contributed by atoms with E-state index in [1.165, 1.54) is 32.1 Å². The van der Waals surface area contributed by atoms with Gasteiger partial charge < -0.3 is 10.8 Å². The number of rotatable bonds is 6. The van der Waals surface area contributed by atoms with Crippen LogP contribution in [0.1, 0.15) is 72.1 Å². The largest absolute Gasteiger partial charge is 0.392 e. The zero-order valence-electron chi connectivity index (χ0n) is 12.0. The van der Waals surface area contributed by atoms with E-state index in [1.807, 2.05) is 0 Å². The van der Waals surface area contributed by atoms with E-state index < -0.39 is 0 Å². The standard InChI is InChI=1S/C15H31NO/c1-4-5-6-7-10-15(12-16)11-8-9-14(2,3)13(15)17/h13,17H,4-12,16H2,1-3H3. The molecule has 1 rings (SSSR count). The number of hydrogen-bond donors (Lipinski definition) is 2. The highest BCUT2D eigenvalue weighted by molar-refractivity contribution is 4.98. The lowest BCUT2D eigenvalue weighted by molar-refractivity contribution is -0.0933. The van der Waals surface area contributed by atoms with Crippen molar-refractivity contribution in [3.05, 3.63) is 0 Å². The van der Waals surface area contributed by atoms with E-state index in [2.05, 4.69) is 20.8 Å². The fourth-order valence-corrected chi connectivity index (χ4v) is 3.48. The molecule has 0 aliphatic heterocycles. The summed E-state index contributed by atoms with van der Waals surface area (Å²) in [6.07, 6.45) is 9.41.